The Morgan fingerprint density at radius 2 is 1.97 bits per heavy atom. The van der Waals surface area contributed by atoms with Gasteiger partial charge in [-0.05, 0) is 44.0 Å². The highest BCUT2D eigenvalue weighted by atomic mass is 19.4. The number of carbonyl (C=O) groups excluding carboxylic acids is 1. The van der Waals surface area contributed by atoms with Crippen molar-refractivity contribution in [3.8, 4) is 5.88 Å². The largest absolute Gasteiger partial charge is 0.490 e. The van der Waals surface area contributed by atoms with Crippen molar-refractivity contribution < 1.29 is 46.1 Å². The number of hydrogen-bond donors (Lipinski definition) is 1. The molecule has 8 nitrogen and oxygen atoms in total. The highest BCUT2D eigenvalue weighted by Gasteiger charge is 2.46. The van der Waals surface area contributed by atoms with E-state index in [4.69, 9.17) is 23.8 Å². The number of pyridine rings is 1. The van der Waals surface area contributed by atoms with Crippen molar-refractivity contribution in [1.29, 1.82) is 0 Å². The lowest BCUT2D eigenvalue weighted by Gasteiger charge is -2.38. The van der Waals surface area contributed by atoms with Crippen LogP contribution in [0.2, 0.25) is 0 Å². The number of carbonyl (C=O) groups is 2. The van der Waals surface area contributed by atoms with Gasteiger partial charge in [-0.2, -0.15) is 13.2 Å². The summed E-state index contributed by atoms with van der Waals surface area (Å²) in [6.07, 6.45) is -2.82. The van der Waals surface area contributed by atoms with Gasteiger partial charge in [0.05, 0.1) is 12.6 Å². The predicted octanol–water partition coefficient (Wildman–Crippen LogP) is 3.21. The summed E-state index contributed by atoms with van der Waals surface area (Å²) in [5, 5.41) is 7.12. The molecule has 1 N–H and O–H groups in total. The van der Waals surface area contributed by atoms with Gasteiger partial charge in [-0.25, -0.2) is 14.2 Å². The van der Waals surface area contributed by atoms with Crippen molar-refractivity contribution >= 4 is 11.9 Å². The maximum absolute atomic E-state index is 13.8. The number of morpholine rings is 1. The summed E-state index contributed by atoms with van der Waals surface area (Å²) in [5.41, 5.74) is 0. The third-order valence-corrected chi connectivity index (χ3v) is 4.98. The Morgan fingerprint density at radius 3 is 2.56 bits per heavy atom. The lowest BCUT2D eigenvalue weighted by Crippen LogP contribution is -2.54. The molecule has 3 atom stereocenters. The van der Waals surface area contributed by atoms with Crippen LogP contribution in [0.1, 0.15) is 29.2 Å². The summed E-state index contributed by atoms with van der Waals surface area (Å²) in [6.45, 7) is 2.72. The Morgan fingerprint density at radius 1 is 1.25 bits per heavy atom. The molecule has 0 aromatic carbocycles. The quantitative estimate of drug-likeness (QED) is 0.702. The first-order valence-corrected chi connectivity index (χ1v) is 9.64. The standard InChI is InChI=1S/C18H19FN2O4.C2HF3O2/c1-11-4-6-15(24-11)18(22)21-9-10-23-16-13(21)5-7-14(16)25-17-12(19)3-2-8-20-17;3-2(4,5)1(6)7/h2-4,6,8,13-14,16H,5,7,9-10H2,1H3;(H,6,7)/t13-,14+,16+;/m0./s1. The molecule has 0 spiro atoms. The van der Waals surface area contributed by atoms with Gasteiger partial charge in [0.15, 0.2) is 11.6 Å². The number of halogens is 4. The molecule has 1 amide bonds. The van der Waals surface area contributed by atoms with Crippen LogP contribution in [0.15, 0.2) is 34.9 Å². The van der Waals surface area contributed by atoms with E-state index in [0.29, 0.717) is 31.1 Å². The fraction of sp³-hybridized carbons (Fsp3) is 0.450. The zero-order chi connectivity index (χ0) is 23.5. The average molecular weight is 460 g/mol. The van der Waals surface area contributed by atoms with Gasteiger partial charge in [0.1, 0.15) is 18.0 Å². The van der Waals surface area contributed by atoms with Crippen molar-refractivity contribution in [1.82, 2.24) is 9.88 Å². The summed E-state index contributed by atoms with van der Waals surface area (Å²) in [5.74, 6) is -2.39. The van der Waals surface area contributed by atoms with Crippen LogP contribution in [0.3, 0.4) is 0 Å². The molecule has 1 saturated heterocycles. The van der Waals surface area contributed by atoms with Gasteiger partial charge in [-0.15, -0.1) is 0 Å². The van der Waals surface area contributed by atoms with E-state index in [9.17, 15) is 22.4 Å². The number of aliphatic carboxylic acids is 1. The van der Waals surface area contributed by atoms with Gasteiger partial charge < -0.3 is 23.9 Å². The Hall–Kier alpha value is -3.15. The van der Waals surface area contributed by atoms with Gasteiger partial charge in [-0.1, -0.05) is 0 Å². The van der Waals surface area contributed by atoms with Crippen LogP contribution in [0.5, 0.6) is 5.88 Å². The van der Waals surface area contributed by atoms with Crippen LogP contribution in [0, 0.1) is 12.7 Å². The zero-order valence-corrected chi connectivity index (χ0v) is 16.8. The Kier molecular flexibility index (Phi) is 7.02. The molecule has 0 unspecified atom stereocenters. The van der Waals surface area contributed by atoms with Crippen LogP contribution < -0.4 is 4.74 Å². The van der Waals surface area contributed by atoms with E-state index in [1.54, 1.807) is 24.0 Å². The molecule has 1 aliphatic heterocycles. The topological polar surface area (TPSA) is 102 Å². The third kappa shape index (κ3) is 5.36. The first-order valence-electron chi connectivity index (χ1n) is 9.64. The molecule has 0 radical (unpaired) electrons. The van der Waals surface area contributed by atoms with E-state index in [1.807, 2.05) is 0 Å². The van der Waals surface area contributed by atoms with Crippen molar-refractivity contribution in [2.45, 2.75) is 44.2 Å². The second-order valence-corrected chi connectivity index (χ2v) is 7.14. The highest BCUT2D eigenvalue weighted by Crippen LogP contribution is 2.34. The first kappa shape index (κ1) is 23.5. The molecule has 12 heteroatoms. The molecule has 2 aliphatic rings. The smallest absolute Gasteiger partial charge is 0.475 e. The van der Waals surface area contributed by atoms with Gasteiger partial charge >= 0.3 is 12.1 Å². The number of hydrogen-bond acceptors (Lipinski definition) is 6. The monoisotopic (exact) mass is 460 g/mol. The van der Waals surface area contributed by atoms with Crippen LogP contribution in [0.4, 0.5) is 17.6 Å². The molecule has 174 valence electrons. The van der Waals surface area contributed by atoms with Crippen LogP contribution in [-0.4, -0.2) is 64.4 Å². The maximum Gasteiger partial charge on any atom is 0.490 e. The Bertz CT molecular complexity index is 964. The summed E-state index contributed by atoms with van der Waals surface area (Å²) in [7, 11) is 0. The van der Waals surface area contributed by atoms with E-state index in [1.165, 1.54) is 18.3 Å². The fourth-order valence-corrected chi connectivity index (χ4v) is 3.59. The second-order valence-electron chi connectivity index (χ2n) is 7.14. The Balaban J connectivity index is 0.000000360. The van der Waals surface area contributed by atoms with Crippen molar-refractivity contribution in [2.75, 3.05) is 13.2 Å². The molecule has 0 bridgehead atoms. The minimum Gasteiger partial charge on any atom is -0.475 e. The number of aromatic nitrogens is 1. The number of carboxylic acid groups (broad SMARTS) is 1. The molecule has 2 aromatic heterocycles. The van der Waals surface area contributed by atoms with Crippen LogP contribution in [0.25, 0.3) is 0 Å². The molecule has 2 aromatic rings. The molecular formula is C20H20F4N2O6. The lowest BCUT2D eigenvalue weighted by atomic mass is 10.1. The summed E-state index contributed by atoms with van der Waals surface area (Å²) in [4.78, 5) is 27.4. The molecule has 32 heavy (non-hydrogen) atoms. The Labute approximate surface area is 179 Å². The maximum atomic E-state index is 13.8. The minimum atomic E-state index is -5.08. The predicted molar refractivity (Wildman–Crippen MR) is 99.5 cm³/mol. The molecule has 4 rings (SSSR count). The second kappa shape index (κ2) is 9.55. The van der Waals surface area contributed by atoms with Gasteiger partial charge in [0.25, 0.3) is 11.8 Å². The molecule has 2 fully saturated rings. The van der Waals surface area contributed by atoms with Crippen molar-refractivity contribution in [3.63, 3.8) is 0 Å². The van der Waals surface area contributed by atoms with Gasteiger partial charge in [0, 0.05) is 12.7 Å². The highest BCUT2D eigenvalue weighted by molar-refractivity contribution is 5.92. The summed E-state index contributed by atoms with van der Waals surface area (Å²) < 4.78 is 62.6. The van der Waals surface area contributed by atoms with Crippen LogP contribution in [-0.2, 0) is 9.53 Å². The van der Waals surface area contributed by atoms with Crippen molar-refractivity contribution in [3.05, 3.63) is 47.8 Å². The normalized spacial score (nSPS) is 22.5. The number of ether oxygens (including phenoxy) is 2. The number of carboxylic acids is 1. The van der Waals surface area contributed by atoms with E-state index in [2.05, 4.69) is 4.98 Å². The number of fused-ring (bicyclic) bond motifs is 1. The summed E-state index contributed by atoms with van der Waals surface area (Å²) >= 11 is 0. The van der Waals surface area contributed by atoms with Crippen molar-refractivity contribution in [2.24, 2.45) is 0 Å². The lowest BCUT2D eigenvalue weighted by molar-refractivity contribution is -0.192. The average Bonchev–Trinajstić information content (AvgIpc) is 3.35. The zero-order valence-electron chi connectivity index (χ0n) is 16.8. The number of furan rings is 1. The number of alkyl halides is 3. The SMILES string of the molecule is Cc1ccc(C(=O)N2CCO[C@H]3[C@H](Oc4ncccc4F)CC[C@@H]32)o1.O=C(O)C(F)(F)F. The molecule has 1 aliphatic carbocycles. The van der Waals surface area contributed by atoms with Gasteiger partial charge in [0.2, 0.25) is 0 Å². The third-order valence-electron chi connectivity index (χ3n) is 4.98. The number of rotatable bonds is 3. The molecule has 1 saturated carbocycles. The van der Waals surface area contributed by atoms with E-state index in [0.717, 1.165) is 6.42 Å². The minimum absolute atomic E-state index is 0.0261. The fourth-order valence-electron chi connectivity index (χ4n) is 3.59. The number of amides is 1. The molecule has 3 heterocycles. The number of nitrogens with zero attached hydrogens (tertiary/aromatic N) is 2. The number of aryl methyl sites for hydroxylation is 1. The van der Waals surface area contributed by atoms with Crippen LogP contribution >= 0.6 is 0 Å². The molecular weight excluding hydrogens is 440 g/mol. The van der Waals surface area contributed by atoms with E-state index in [-0.39, 0.29) is 30.0 Å². The van der Waals surface area contributed by atoms with E-state index >= 15 is 0 Å². The van der Waals surface area contributed by atoms with Gasteiger partial charge in [-0.3, -0.25) is 4.79 Å². The summed E-state index contributed by atoms with van der Waals surface area (Å²) in [6, 6.07) is 6.18. The first-order chi connectivity index (χ1) is 15.1. The van der Waals surface area contributed by atoms with E-state index < -0.39 is 18.0 Å².